The molecule has 54 valence electrons. The van der Waals surface area contributed by atoms with Crippen molar-refractivity contribution in [2.45, 2.75) is 11.9 Å². The second kappa shape index (κ2) is 2.96. The third-order valence-electron chi connectivity index (χ3n) is 1.12. The molecule has 1 atom stereocenters. The van der Waals surface area contributed by atoms with Crippen LogP contribution in [0.2, 0.25) is 0 Å². The van der Waals surface area contributed by atoms with E-state index in [9.17, 15) is 4.79 Å². The van der Waals surface area contributed by atoms with Gasteiger partial charge in [0.15, 0.2) is 5.78 Å². The Bertz CT molecular complexity index is 220. The molecule has 4 heteroatoms. The normalized spacial score (nSPS) is 13.0. The van der Waals surface area contributed by atoms with Crippen molar-refractivity contribution < 1.29 is 4.79 Å². The van der Waals surface area contributed by atoms with Crippen molar-refractivity contribution in [1.82, 2.24) is 9.55 Å². The monoisotopic (exact) mass is 202 g/mol. The Kier molecular flexibility index (Phi) is 2.21. The van der Waals surface area contributed by atoms with E-state index >= 15 is 0 Å². The summed E-state index contributed by atoms with van der Waals surface area (Å²) in [7, 11) is 0. The minimum atomic E-state index is -0.269. The van der Waals surface area contributed by atoms with Gasteiger partial charge < -0.3 is 4.57 Å². The molecule has 1 unspecified atom stereocenters. The highest BCUT2D eigenvalue weighted by Gasteiger charge is 2.09. The van der Waals surface area contributed by atoms with Crippen LogP contribution in [0.15, 0.2) is 18.7 Å². The molecule has 1 rings (SSSR count). The van der Waals surface area contributed by atoms with Crippen LogP contribution in [-0.4, -0.2) is 15.3 Å². The summed E-state index contributed by atoms with van der Waals surface area (Å²) in [6, 6.07) is 0. The Hall–Kier alpha value is -0.640. The molecule has 0 N–H and O–H groups in total. The molecule has 0 saturated heterocycles. The third-order valence-corrected chi connectivity index (χ3v) is 2.24. The number of ketones is 1. The summed E-state index contributed by atoms with van der Waals surface area (Å²) in [5.41, 5.74) is 0. The average Bonchev–Trinajstić information content (AvgIpc) is 2.36. The van der Waals surface area contributed by atoms with Gasteiger partial charge in [0.2, 0.25) is 0 Å². The van der Waals surface area contributed by atoms with Crippen LogP contribution in [0.5, 0.6) is 0 Å². The van der Waals surface area contributed by atoms with Crippen molar-refractivity contribution in [2.75, 3.05) is 0 Å². The fraction of sp³-hybridized carbons (Fsp3) is 0.333. The number of Topliss-reactive ketones (excluding diaryl/α,β-unsaturated/α-hetero) is 1. The summed E-state index contributed by atoms with van der Waals surface area (Å²) in [6.07, 6.45) is 4.97. The smallest absolute Gasteiger partial charge is 0.163 e. The second-order valence-electron chi connectivity index (χ2n) is 1.96. The molecule has 0 amide bonds. The molecule has 1 aromatic heterocycles. The number of halogens is 1. The van der Waals surface area contributed by atoms with Crippen LogP contribution in [0.3, 0.4) is 0 Å². The lowest BCUT2D eigenvalue weighted by atomic mass is 10.4. The van der Waals surface area contributed by atoms with Crippen LogP contribution in [0.25, 0.3) is 0 Å². The highest BCUT2D eigenvalue weighted by atomic mass is 79.9. The van der Waals surface area contributed by atoms with Gasteiger partial charge in [-0.05, 0) is 6.92 Å². The number of carbonyl (C=O) groups excluding carboxylic acids is 1. The number of hydrogen-bond donors (Lipinski definition) is 0. The molecule has 0 fully saturated rings. The molecule has 0 aliphatic rings. The molecule has 0 bridgehead atoms. The van der Waals surface area contributed by atoms with E-state index in [4.69, 9.17) is 0 Å². The lowest BCUT2D eigenvalue weighted by Crippen LogP contribution is -2.07. The summed E-state index contributed by atoms with van der Waals surface area (Å²) < 4.78 is 1.70. The van der Waals surface area contributed by atoms with Crippen LogP contribution in [0, 0.1) is 0 Å². The quantitative estimate of drug-likeness (QED) is 0.680. The molecule has 1 aromatic rings. The number of alkyl halides is 1. The van der Waals surface area contributed by atoms with Gasteiger partial charge in [0.1, 0.15) is 4.95 Å². The van der Waals surface area contributed by atoms with Crippen molar-refractivity contribution in [3.63, 3.8) is 0 Å². The van der Waals surface area contributed by atoms with Gasteiger partial charge in [-0.15, -0.1) is 0 Å². The lowest BCUT2D eigenvalue weighted by Gasteiger charge is -2.04. The van der Waals surface area contributed by atoms with E-state index in [-0.39, 0.29) is 10.7 Å². The van der Waals surface area contributed by atoms with Crippen LogP contribution >= 0.6 is 15.9 Å². The molecule has 1 heterocycles. The number of nitrogens with zero attached hydrogens (tertiary/aromatic N) is 2. The zero-order valence-corrected chi connectivity index (χ0v) is 7.08. The summed E-state index contributed by atoms with van der Waals surface area (Å²) in [5.74, 6) is 0.0676. The van der Waals surface area contributed by atoms with E-state index in [2.05, 4.69) is 20.9 Å². The summed E-state index contributed by atoms with van der Waals surface area (Å²) in [5, 5.41) is 0. The maximum Gasteiger partial charge on any atom is 0.163 e. The van der Waals surface area contributed by atoms with E-state index in [0.717, 1.165) is 0 Å². The fourth-order valence-electron chi connectivity index (χ4n) is 0.613. The van der Waals surface area contributed by atoms with Gasteiger partial charge in [0.25, 0.3) is 0 Å². The first-order valence-corrected chi connectivity index (χ1v) is 3.75. The first kappa shape index (κ1) is 7.47. The predicted molar refractivity (Wildman–Crippen MR) is 40.9 cm³/mol. The maximum absolute atomic E-state index is 10.7. The Balaban J connectivity index is 2.77. The van der Waals surface area contributed by atoms with Gasteiger partial charge in [0, 0.05) is 12.4 Å². The second-order valence-corrected chi connectivity index (χ2v) is 2.82. The van der Waals surface area contributed by atoms with Crippen molar-refractivity contribution in [3.05, 3.63) is 18.7 Å². The molecule has 0 aliphatic heterocycles. The van der Waals surface area contributed by atoms with Crippen molar-refractivity contribution in [3.8, 4) is 0 Å². The standard InChI is InChI=1S/C6H7BrN2O/c1-5(10)6(7)9-3-2-8-4-9/h2-4,6H,1H3. The molecular formula is C6H7BrN2O. The first-order chi connectivity index (χ1) is 4.72. The minimum Gasteiger partial charge on any atom is -0.317 e. The predicted octanol–water partition coefficient (Wildman–Crippen LogP) is 1.37. The van der Waals surface area contributed by atoms with Gasteiger partial charge in [-0.3, -0.25) is 4.79 Å². The molecule has 0 radical (unpaired) electrons. The minimum absolute atomic E-state index is 0.0676. The molecule has 10 heavy (non-hydrogen) atoms. The highest BCUT2D eigenvalue weighted by Crippen LogP contribution is 2.14. The molecule has 0 aromatic carbocycles. The van der Waals surface area contributed by atoms with Gasteiger partial charge in [-0.2, -0.15) is 0 Å². The summed E-state index contributed by atoms with van der Waals surface area (Å²) in [4.78, 5) is 14.3. The number of imidazole rings is 1. The Morgan fingerprint density at radius 2 is 2.50 bits per heavy atom. The zero-order valence-electron chi connectivity index (χ0n) is 5.49. The third kappa shape index (κ3) is 1.44. The van der Waals surface area contributed by atoms with Crippen molar-refractivity contribution in [2.24, 2.45) is 0 Å². The van der Waals surface area contributed by atoms with E-state index in [0.29, 0.717) is 0 Å². The summed E-state index contributed by atoms with van der Waals surface area (Å²) in [6.45, 7) is 1.53. The fourth-order valence-corrected chi connectivity index (χ4v) is 0.856. The number of carbonyl (C=O) groups is 1. The highest BCUT2D eigenvalue weighted by molar-refractivity contribution is 9.09. The van der Waals surface area contributed by atoms with Gasteiger partial charge in [-0.1, -0.05) is 15.9 Å². The van der Waals surface area contributed by atoms with E-state index in [1.807, 2.05) is 0 Å². The van der Waals surface area contributed by atoms with E-state index in [1.54, 1.807) is 23.3 Å². The van der Waals surface area contributed by atoms with Crippen LogP contribution in [0.4, 0.5) is 0 Å². The topological polar surface area (TPSA) is 34.9 Å². The molecule has 0 aliphatic carbocycles. The van der Waals surface area contributed by atoms with Gasteiger partial charge in [-0.25, -0.2) is 4.98 Å². The number of rotatable bonds is 2. The Morgan fingerprint density at radius 3 is 2.90 bits per heavy atom. The Morgan fingerprint density at radius 1 is 1.80 bits per heavy atom. The molecule has 0 saturated carbocycles. The lowest BCUT2D eigenvalue weighted by molar-refractivity contribution is -0.117. The average molecular weight is 203 g/mol. The molecular weight excluding hydrogens is 196 g/mol. The SMILES string of the molecule is CC(=O)C(Br)n1ccnc1. The van der Waals surface area contributed by atoms with E-state index < -0.39 is 0 Å². The molecule has 3 nitrogen and oxygen atoms in total. The summed E-state index contributed by atoms with van der Waals surface area (Å²) >= 11 is 3.20. The van der Waals surface area contributed by atoms with Crippen LogP contribution < -0.4 is 0 Å². The molecule has 0 spiro atoms. The van der Waals surface area contributed by atoms with Crippen LogP contribution in [0.1, 0.15) is 11.9 Å². The largest absolute Gasteiger partial charge is 0.317 e. The maximum atomic E-state index is 10.7. The van der Waals surface area contributed by atoms with E-state index in [1.165, 1.54) is 6.92 Å². The number of hydrogen-bond acceptors (Lipinski definition) is 2. The van der Waals surface area contributed by atoms with Crippen molar-refractivity contribution in [1.29, 1.82) is 0 Å². The number of aromatic nitrogens is 2. The van der Waals surface area contributed by atoms with Gasteiger partial charge in [0.05, 0.1) is 6.33 Å². The Labute approximate surface area is 67.2 Å². The first-order valence-electron chi connectivity index (χ1n) is 2.84. The van der Waals surface area contributed by atoms with Gasteiger partial charge >= 0.3 is 0 Å². The zero-order chi connectivity index (χ0) is 7.56. The van der Waals surface area contributed by atoms with Crippen LogP contribution in [-0.2, 0) is 4.79 Å². The van der Waals surface area contributed by atoms with Crippen molar-refractivity contribution >= 4 is 21.7 Å².